The molecule has 0 bridgehead atoms. The Morgan fingerprint density at radius 3 is 1.98 bits per heavy atom. The molecular weight excluding hydrogens is 534 g/mol. The van der Waals surface area contributed by atoms with Crippen LogP contribution in [0.25, 0.3) is 10.8 Å². The van der Waals surface area contributed by atoms with Gasteiger partial charge in [-0.05, 0) is 84.2 Å². The largest absolute Gasteiger partial charge is 0.393 e. The number of aryl methyl sites for hydroxylation is 3. The lowest BCUT2D eigenvalue weighted by Gasteiger charge is -2.11. The number of benzene rings is 4. The summed E-state index contributed by atoms with van der Waals surface area (Å²) in [6.45, 7) is 2.21. The van der Waals surface area contributed by atoms with E-state index < -0.39 is 35.6 Å². The van der Waals surface area contributed by atoms with E-state index in [0.29, 0.717) is 16.3 Å². The van der Waals surface area contributed by atoms with E-state index in [-0.39, 0.29) is 18.4 Å². The molecule has 4 aromatic carbocycles. The molecule has 41 heavy (non-hydrogen) atoms. The Labute approximate surface area is 237 Å². The van der Waals surface area contributed by atoms with Gasteiger partial charge in [0.15, 0.2) is 0 Å². The van der Waals surface area contributed by atoms with Crippen LogP contribution in [0.5, 0.6) is 0 Å². The molecule has 0 aliphatic rings. The van der Waals surface area contributed by atoms with Crippen molar-refractivity contribution in [2.24, 2.45) is 0 Å². The average Bonchev–Trinajstić information content (AvgIpc) is 2.93. The molecule has 0 N–H and O–H groups in total. The lowest BCUT2D eigenvalue weighted by Crippen LogP contribution is -2.14. The average molecular weight is 567 g/mol. The van der Waals surface area contributed by atoms with Gasteiger partial charge >= 0.3 is 6.18 Å². The normalized spacial score (nSPS) is 11.5. The summed E-state index contributed by atoms with van der Waals surface area (Å²) in [5.41, 5.74) is 2.45. The first-order valence-corrected chi connectivity index (χ1v) is 14.0. The molecule has 0 heterocycles. The maximum Gasteiger partial charge on any atom is 0.393 e. The van der Waals surface area contributed by atoms with E-state index in [0.717, 1.165) is 29.7 Å². The molecule has 0 amide bonds. The lowest BCUT2D eigenvalue weighted by molar-refractivity contribution is -0.128. The van der Waals surface area contributed by atoms with Crippen molar-refractivity contribution in [3.05, 3.63) is 118 Å². The highest BCUT2D eigenvalue weighted by Gasteiger charge is 2.31. The molecule has 0 radical (unpaired) electrons. The van der Waals surface area contributed by atoms with Gasteiger partial charge in [-0.25, -0.2) is 13.2 Å². The van der Waals surface area contributed by atoms with Gasteiger partial charge in [0.25, 0.3) is 0 Å². The molecule has 214 valence electrons. The van der Waals surface area contributed by atoms with Gasteiger partial charge in [0, 0.05) is 22.1 Å². The van der Waals surface area contributed by atoms with Crippen molar-refractivity contribution in [2.75, 3.05) is 0 Å². The van der Waals surface area contributed by atoms with Crippen LogP contribution in [0.3, 0.4) is 0 Å². The van der Waals surface area contributed by atoms with Crippen LogP contribution in [-0.2, 0) is 25.7 Å². The van der Waals surface area contributed by atoms with Gasteiger partial charge in [-0.3, -0.25) is 0 Å². The fraction of sp³-hybridized carbons (Fsp3) is 0.314. The topological polar surface area (TPSA) is 0 Å². The molecule has 0 spiro atoms. The van der Waals surface area contributed by atoms with Crippen molar-refractivity contribution in [2.45, 2.75) is 70.9 Å². The van der Waals surface area contributed by atoms with E-state index in [1.807, 2.05) is 18.2 Å². The van der Waals surface area contributed by atoms with E-state index in [2.05, 4.69) is 30.9 Å². The molecular formula is C35H32F6. The first-order valence-electron chi connectivity index (χ1n) is 14.0. The maximum absolute atomic E-state index is 15.2. The van der Waals surface area contributed by atoms with Crippen molar-refractivity contribution in [3.8, 4) is 11.8 Å². The van der Waals surface area contributed by atoms with E-state index >= 15 is 4.39 Å². The zero-order valence-electron chi connectivity index (χ0n) is 23.0. The molecule has 0 aliphatic carbocycles. The van der Waals surface area contributed by atoms with Crippen molar-refractivity contribution >= 4 is 10.8 Å². The van der Waals surface area contributed by atoms with E-state index in [9.17, 15) is 22.0 Å². The first kappa shape index (κ1) is 30.2. The highest BCUT2D eigenvalue weighted by Crippen LogP contribution is 2.27. The van der Waals surface area contributed by atoms with E-state index in [1.54, 1.807) is 24.3 Å². The van der Waals surface area contributed by atoms with Gasteiger partial charge in [0.05, 0.1) is 6.42 Å². The zero-order chi connectivity index (χ0) is 29.4. The molecule has 0 aromatic heterocycles. The second kappa shape index (κ2) is 13.8. The Hall–Kier alpha value is -3.72. The second-order valence-electron chi connectivity index (χ2n) is 10.4. The van der Waals surface area contributed by atoms with Gasteiger partial charge in [-0.1, -0.05) is 74.8 Å². The van der Waals surface area contributed by atoms with Crippen molar-refractivity contribution in [1.29, 1.82) is 0 Å². The Kier molecular flexibility index (Phi) is 10.2. The number of alkyl halides is 3. The molecule has 4 aromatic rings. The Balaban J connectivity index is 1.40. The second-order valence-corrected chi connectivity index (χ2v) is 10.4. The van der Waals surface area contributed by atoms with E-state index in [1.165, 1.54) is 37.7 Å². The highest BCUT2D eigenvalue weighted by atomic mass is 19.4. The number of hydrogen-bond acceptors (Lipinski definition) is 0. The number of hydrogen-bond donors (Lipinski definition) is 0. The summed E-state index contributed by atoms with van der Waals surface area (Å²) in [5.74, 6) is 3.35. The molecule has 0 saturated carbocycles. The summed E-state index contributed by atoms with van der Waals surface area (Å²) in [7, 11) is 0. The van der Waals surface area contributed by atoms with Crippen LogP contribution in [0.1, 0.15) is 72.4 Å². The summed E-state index contributed by atoms with van der Waals surface area (Å²) >= 11 is 0. The Morgan fingerprint density at radius 2 is 1.29 bits per heavy atom. The quantitative estimate of drug-likeness (QED) is 0.102. The molecule has 0 atom stereocenters. The fourth-order valence-corrected chi connectivity index (χ4v) is 4.89. The Bertz CT molecular complexity index is 1510. The third-order valence-electron chi connectivity index (χ3n) is 7.17. The fourth-order valence-electron chi connectivity index (χ4n) is 4.89. The van der Waals surface area contributed by atoms with Gasteiger partial charge in [0.2, 0.25) is 0 Å². The monoisotopic (exact) mass is 566 g/mol. The third-order valence-corrected chi connectivity index (χ3v) is 7.17. The number of unbranched alkanes of at least 4 members (excludes halogenated alkanes) is 4. The summed E-state index contributed by atoms with van der Waals surface area (Å²) in [6.07, 6.45) is 1.13. The minimum Gasteiger partial charge on any atom is -0.207 e. The minimum absolute atomic E-state index is 0.0732. The molecule has 0 saturated heterocycles. The third kappa shape index (κ3) is 8.63. The molecule has 6 heteroatoms. The van der Waals surface area contributed by atoms with Crippen molar-refractivity contribution < 1.29 is 26.3 Å². The highest BCUT2D eigenvalue weighted by molar-refractivity contribution is 5.85. The lowest BCUT2D eigenvalue weighted by atomic mass is 9.98. The van der Waals surface area contributed by atoms with Crippen LogP contribution < -0.4 is 0 Å². The van der Waals surface area contributed by atoms with Gasteiger partial charge < -0.3 is 0 Å². The molecule has 0 unspecified atom stereocenters. The number of fused-ring (bicyclic) bond motifs is 1. The molecule has 0 fully saturated rings. The number of rotatable bonds is 10. The maximum atomic E-state index is 15.2. The molecule has 0 aliphatic heterocycles. The van der Waals surface area contributed by atoms with Crippen molar-refractivity contribution in [1.82, 2.24) is 0 Å². The predicted molar refractivity (Wildman–Crippen MR) is 152 cm³/mol. The van der Waals surface area contributed by atoms with Crippen LogP contribution in [0.2, 0.25) is 0 Å². The predicted octanol–water partition coefficient (Wildman–Crippen LogP) is 10.1. The zero-order valence-corrected chi connectivity index (χ0v) is 23.0. The standard InChI is InChI=1S/C35H32F6/c1-2-3-4-5-6-7-24-8-10-25(11-9-24)12-13-26-15-19-30-29(20-26)18-17-28(34(30)38)16-14-27-21-32(36)31(33(37)22-27)23-35(39,40)41/h8-11,15,17-22H,2-7,14,16,23H2,1H3. The molecule has 4 rings (SSSR count). The summed E-state index contributed by atoms with van der Waals surface area (Å²) < 4.78 is 81.3. The van der Waals surface area contributed by atoms with Gasteiger partial charge in [0.1, 0.15) is 17.5 Å². The van der Waals surface area contributed by atoms with Crippen LogP contribution in [0.15, 0.2) is 66.7 Å². The summed E-state index contributed by atoms with van der Waals surface area (Å²) in [6, 6.07) is 18.6. The van der Waals surface area contributed by atoms with Gasteiger partial charge in [-0.15, -0.1) is 0 Å². The SMILES string of the molecule is CCCCCCCc1ccc(C#Cc2ccc3c(F)c(CCc4cc(F)c(CC(F)(F)F)c(F)c4)ccc3c2)cc1. The Morgan fingerprint density at radius 1 is 0.634 bits per heavy atom. The van der Waals surface area contributed by atoms with Crippen LogP contribution in [0.4, 0.5) is 26.3 Å². The van der Waals surface area contributed by atoms with Crippen LogP contribution in [0, 0.1) is 29.3 Å². The van der Waals surface area contributed by atoms with Gasteiger partial charge in [-0.2, -0.15) is 13.2 Å². The minimum atomic E-state index is -4.72. The molecule has 0 nitrogen and oxygen atoms in total. The van der Waals surface area contributed by atoms with Crippen LogP contribution >= 0.6 is 0 Å². The van der Waals surface area contributed by atoms with Crippen LogP contribution in [-0.4, -0.2) is 6.18 Å². The van der Waals surface area contributed by atoms with E-state index in [4.69, 9.17) is 0 Å². The number of halogens is 6. The smallest absolute Gasteiger partial charge is 0.207 e. The summed E-state index contributed by atoms with van der Waals surface area (Å²) in [4.78, 5) is 0. The van der Waals surface area contributed by atoms with Crippen molar-refractivity contribution in [3.63, 3.8) is 0 Å². The first-order chi connectivity index (χ1) is 19.6. The summed E-state index contributed by atoms with van der Waals surface area (Å²) in [5, 5.41) is 1.07.